The van der Waals surface area contributed by atoms with E-state index in [0.29, 0.717) is 53.5 Å². The number of nitrogens with one attached hydrogen (secondary N) is 2. The zero-order valence-corrected chi connectivity index (χ0v) is 23.9. The fraction of sp³-hybridized carbons (Fsp3) is 0.226. The Morgan fingerprint density at radius 2 is 1.14 bits per heavy atom. The third kappa shape index (κ3) is 6.81. The highest BCUT2D eigenvalue weighted by molar-refractivity contribution is 6.36. The molecule has 0 bridgehead atoms. The standard InChI is InChI=1S/C31H33ClN6O4/c1-18-21(4-2-5-22(18)25-12-19(14-35-8-10-39)16-37-28(25)30(33)41)23-6-3-7-24(27(23)32)26-13-20(15-36-9-11-40)17-38-29(26)31(34)42/h2-7,12-13,16-17,35-36,39-40H,8-11,14-15H2,1H3,(H2,33,41)(H2,34,42). The second kappa shape index (κ2) is 14.1. The van der Waals surface area contributed by atoms with Crippen molar-refractivity contribution in [1.29, 1.82) is 0 Å². The van der Waals surface area contributed by atoms with Gasteiger partial charge in [-0.2, -0.15) is 0 Å². The quantitative estimate of drug-likeness (QED) is 0.129. The average molecular weight is 589 g/mol. The molecule has 0 saturated carbocycles. The molecule has 0 spiro atoms. The molecule has 4 aromatic rings. The molecular weight excluding hydrogens is 556 g/mol. The van der Waals surface area contributed by atoms with Gasteiger partial charge in [0.25, 0.3) is 11.8 Å². The SMILES string of the molecule is Cc1c(-c2cc(CNCCO)cnc2C(N)=O)cccc1-c1cccc(-c2cc(CNCCO)cnc2C(N)=O)c1Cl. The minimum atomic E-state index is -0.681. The van der Waals surface area contributed by atoms with Crippen molar-refractivity contribution >= 4 is 23.4 Å². The fourth-order valence-electron chi connectivity index (χ4n) is 4.80. The molecule has 42 heavy (non-hydrogen) atoms. The lowest BCUT2D eigenvalue weighted by Gasteiger charge is -2.17. The molecule has 0 unspecified atom stereocenters. The number of nitrogens with two attached hydrogens (primary N) is 2. The van der Waals surface area contributed by atoms with Crippen LogP contribution in [0.3, 0.4) is 0 Å². The number of aliphatic hydroxyl groups is 2. The Morgan fingerprint density at radius 1 is 0.738 bits per heavy atom. The van der Waals surface area contributed by atoms with Crippen LogP contribution in [0.25, 0.3) is 33.4 Å². The molecule has 8 N–H and O–H groups in total. The molecule has 0 radical (unpaired) electrons. The predicted octanol–water partition coefficient (Wildman–Crippen LogP) is 2.80. The maximum atomic E-state index is 12.3. The molecule has 4 rings (SSSR count). The number of halogens is 1. The zero-order chi connectivity index (χ0) is 30.2. The first-order chi connectivity index (χ1) is 20.3. The van der Waals surface area contributed by atoms with Gasteiger partial charge >= 0.3 is 0 Å². The third-order valence-corrected chi connectivity index (χ3v) is 7.20. The van der Waals surface area contributed by atoms with Crippen molar-refractivity contribution in [3.63, 3.8) is 0 Å². The summed E-state index contributed by atoms with van der Waals surface area (Å²) in [5, 5.41) is 24.8. The smallest absolute Gasteiger partial charge is 0.267 e. The highest BCUT2D eigenvalue weighted by Crippen LogP contribution is 2.41. The van der Waals surface area contributed by atoms with E-state index in [0.717, 1.165) is 27.8 Å². The molecule has 2 aromatic heterocycles. The van der Waals surface area contributed by atoms with Crippen LogP contribution in [0.4, 0.5) is 0 Å². The van der Waals surface area contributed by atoms with Crippen LogP contribution in [0.1, 0.15) is 37.7 Å². The highest BCUT2D eigenvalue weighted by atomic mass is 35.5. The number of pyridine rings is 2. The van der Waals surface area contributed by atoms with Crippen molar-refractivity contribution in [2.24, 2.45) is 11.5 Å². The van der Waals surface area contributed by atoms with Gasteiger partial charge in [-0.05, 0) is 46.9 Å². The van der Waals surface area contributed by atoms with Gasteiger partial charge < -0.3 is 32.3 Å². The molecule has 0 aliphatic heterocycles. The Balaban J connectivity index is 1.83. The van der Waals surface area contributed by atoms with Gasteiger partial charge in [-0.15, -0.1) is 0 Å². The molecule has 0 aliphatic carbocycles. The van der Waals surface area contributed by atoms with Crippen LogP contribution in [0, 0.1) is 6.92 Å². The number of amides is 2. The molecule has 11 heteroatoms. The number of primary amides is 2. The summed E-state index contributed by atoms with van der Waals surface area (Å²) in [4.78, 5) is 33.2. The maximum absolute atomic E-state index is 12.3. The molecule has 10 nitrogen and oxygen atoms in total. The molecule has 0 saturated heterocycles. The second-order valence-corrected chi connectivity index (χ2v) is 10.0. The zero-order valence-electron chi connectivity index (χ0n) is 23.2. The van der Waals surface area contributed by atoms with Crippen molar-refractivity contribution in [3.8, 4) is 33.4 Å². The molecular formula is C31H33ClN6O4. The first kappa shape index (κ1) is 30.8. The maximum Gasteiger partial charge on any atom is 0.267 e. The monoisotopic (exact) mass is 588 g/mol. The average Bonchev–Trinajstić information content (AvgIpc) is 2.97. The summed E-state index contributed by atoms with van der Waals surface area (Å²) in [5.41, 5.74) is 18.0. The van der Waals surface area contributed by atoms with Gasteiger partial charge in [0.05, 0.1) is 18.2 Å². The van der Waals surface area contributed by atoms with Crippen LogP contribution in [0.2, 0.25) is 5.02 Å². The van der Waals surface area contributed by atoms with Crippen LogP contribution < -0.4 is 22.1 Å². The van der Waals surface area contributed by atoms with E-state index in [4.69, 9.17) is 33.3 Å². The third-order valence-electron chi connectivity index (χ3n) is 6.79. The summed E-state index contributed by atoms with van der Waals surface area (Å²) in [6, 6.07) is 14.9. The van der Waals surface area contributed by atoms with Gasteiger partial charge in [0.2, 0.25) is 0 Å². The number of benzene rings is 2. The van der Waals surface area contributed by atoms with E-state index < -0.39 is 11.8 Å². The number of hydrogen-bond donors (Lipinski definition) is 6. The van der Waals surface area contributed by atoms with Gasteiger partial charge in [0.1, 0.15) is 11.4 Å². The largest absolute Gasteiger partial charge is 0.395 e. The number of aromatic nitrogens is 2. The number of hydrogen-bond acceptors (Lipinski definition) is 8. The van der Waals surface area contributed by atoms with Crippen molar-refractivity contribution in [1.82, 2.24) is 20.6 Å². The van der Waals surface area contributed by atoms with E-state index >= 15 is 0 Å². The fourth-order valence-corrected chi connectivity index (χ4v) is 5.13. The summed E-state index contributed by atoms with van der Waals surface area (Å²) in [6.45, 7) is 3.65. The molecule has 0 fully saturated rings. The van der Waals surface area contributed by atoms with Crippen LogP contribution in [-0.4, -0.2) is 58.3 Å². The van der Waals surface area contributed by atoms with E-state index in [1.807, 2.05) is 49.4 Å². The number of nitrogens with zero attached hydrogens (tertiary/aromatic N) is 2. The summed E-state index contributed by atoms with van der Waals surface area (Å²) < 4.78 is 0. The van der Waals surface area contributed by atoms with E-state index in [-0.39, 0.29) is 24.6 Å². The molecule has 0 atom stereocenters. The van der Waals surface area contributed by atoms with Crippen molar-refractivity contribution < 1.29 is 19.8 Å². The summed E-state index contributed by atoms with van der Waals surface area (Å²) >= 11 is 7.04. The van der Waals surface area contributed by atoms with E-state index in [1.54, 1.807) is 18.5 Å². The Hall–Kier alpha value is -4.19. The lowest BCUT2D eigenvalue weighted by Crippen LogP contribution is -2.19. The van der Waals surface area contributed by atoms with E-state index in [9.17, 15) is 9.59 Å². The van der Waals surface area contributed by atoms with Crippen LogP contribution in [0.5, 0.6) is 0 Å². The van der Waals surface area contributed by atoms with E-state index in [2.05, 4.69) is 20.6 Å². The minimum Gasteiger partial charge on any atom is -0.395 e. The number of carbonyl (C=O) groups excluding carboxylic acids is 2. The first-order valence-corrected chi connectivity index (χ1v) is 13.7. The predicted molar refractivity (Wildman–Crippen MR) is 163 cm³/mol. The normalized spacial score (nSPS) is 11.0. The number of aliphatic hydroxyl groups excluding tert-OH is 2. The van der Waals surface area contributed by atoms with Gasteiger partial charge in [-0.3, -0.25) is 19.6 Å². The molecule has 2 heterocycles. The van der Waals surface area contributed by atoms with Gasteiger partial charge in [0, 0.05) is 60.8 Å². The topological polar surface area (TPSA) is 176 Å². The van der Waals surface area contributed by atoms with Gasteiger partial charge in [0.15, 0.2) is 0 Å². The van der Waals surface area contributed by atoms with Crippen LogP contribution in [-0.2, 0) is 13.1 Å². The lowest BCUT2D eigenvalue weighted by atomic mass is 9.90. The Labute approximate surface area is 248 Å². The molecule has 0 aliphatic rings. The second-order valence-electron chi connectivity index (χ2n) is 9.65. The summed E-state index contributed by atoms with van der Waals surface area (Å²) in [7, 11) is 0. The Morgan fingerprint density at radius 3 is 1.60 bits per heavy atom. The van der Waals surface area contributed by atoms with Crippen molar-refractivity contribution in [2.45, 2.75) is 20.0 Å². The molecule has 2 amide bonds. The van der Waals surface area contributed by atoms with Crippen molar-refractivity contribution in [3.05, 3.63) is 94.0 Å². The highest BCUT2D eigenvalue weighted by Gasteiger charge is 2.21. The first-order valence-electron chi connectivity index (χ1n) is 13.4. The van der Waals surface area contributed by atoms with Gasteiger partial charge in [-0.25, -0.2) is 0 Å². The van der Waals surface area contributed by atoms with Crippen molar-refractivity contribution in [2.75, 3.05) is 26.3 Å². The minimum absolute atomic E-state index is 0.00251. The van der Waals surface area contributed by atoms with Crippen LogP contribution >= 0.6 is 11.6 Å². The molecule has 2 aromatic carbocycles. The van der Waals surface area contributed by atoms with Crippen LogP contribution in [0.15, 0.2) is 60.9 Å². The lowest BCUT2D eigenvalue weighted by molar-refractivity contribution is 0.0988. The number of rotatable bonds is 13. The Kier molecular flexibility index (Phi) is 10.3. The Bertz CT molecular complexity index is 1490. The van der Waals surface area contributed by atoms with Gasteiger partial charge in [-0.1, -0.05) is 48.0 Å². The summed E-state index contributed by atoms with van der Waals surface area (Å²) in [5.74, 6) is -1.33. The number of carbonyl (C=O) groups is 2. The summed E-state index contributed by atoms with van der Waals surface area (Å²) in [6.07, 6.45) is 3.16. The van der Waals surface area contributed by atoms with E-state index in [1.165, 1.54) is 0 Å². The molecule has 218 valence electrons.